The Balaban J connectivity index is 1.66. The number of carbonyl (C=O) groups is 1. The van der Waals surface area contributed by atoms with Crippen LogP contribution in [0.25, 0.3) is 21.8 Å². The van der Waals surface area contributed by atoms with Crippen molar-refractivity contribution >= 4 is 33.4 Å². The van der Waals surface area contributed by atoms with E-state index in [0.717, 1.165) is 16.7 Å². The molecule has 1 amide bonds. The van der Waals surface area contributed by atoms with Gasteiger partial charge in [0.05, 0.1) is 23.1 Å². The lowest BCUT2D eigenvalue weighted by Crippen LogP contribution is -2.38. The molecule has 5 heteroatoms. The lowest BCUT2D eigenvalue weighted by atomic mass is 10.0. The van der Waals surface area contributed by atoms with Gasteiger partial charge in [-0.1, -0.05) is 30.3 Å². The molecule has 0 fully saturated rings. The van der Waals surface area contributed by atoms with Gasteiger partial charge in [0, 0.05) is 23.9 Å². The smallest absolute Gasteiger partial charge is 0.231 e. The second-order valence-electron chi connectivity index (χ2n) is 7.02. The number of nitrogens with zero attached hydrogens (tertiary/aromatic N) is 2. The molecular weight excluding hydrogens is 355 g/mol. The Labute approximate surface area is 160 Å². The summed E-state index contributed by atoms with van der Waals surface area (Å²) in [7, 11) is 0. The molecule has 1 aliphatic rings. The predicted molar refractivity (Wildman–Crippen MR) is 108 cm³/mol. The molecule has 0 N–H and O–H groups in total. The summed E-state index contributed by atoms with van der Waals surface area (Å²) in [6.45, 7) is 1.11. The van der Waals surface area contributed by atoms with Crippen LogP contribution in [0, 0.1) is 5.82 Å². The molecule has 4 nitrogen and oxygen atoms in total. The van der Waals surface area contributed by atoms with E-state index >= 15 is 0 Å². The minimum atomic E-state index is -0.352. The van der Waals surface area contributed by atoms with E-state index in [1.165, 1.54) is 12.1 Å². The molecule has 0 atom stereocenters. The predicted octanol–water partition coefficient (Wildman–Crippen LogP) is 3.88. The molecule has 0 saturated carbocycles. The van der Waals surface area contributed by atoms with Gasteiger partial charge in [0.15, 0.2) is 5.43 Å². The number of benzene rings is 3. The van der Waals surface area contributed by atoms with Crippen molar-refractivity contribution in [3.8, 4) is 0 Å². The summed E-state index contributed by atoms with van der Waals surface area (Å²) in [6.07, 6.45) is 0.117. The van der Waals surface area contributed by atoms with Gasteiger partial charge in [0.1, 0.15) is 5.82 Å². The van der Waals surface area contributed by atoms with E-state index in [1.54, 1.807) is 17.0 Å². The third kappa shape index (κ3) is 2.51. The van der Waals surface area contributed by atoms with Crippen LogP contribution in [-0.2, 0) is 17.8 Å². The maximum Gasteiger partial charge on any atom is 0.231 e. The first-order valence-corrected chi connectivity index (χ1v) is 9.22. The number of pyridine rings is 1. The van der Waals surface area contributed by atoms with Crippen LogP contribution >= 0.6 is 0 Å². The first-order valence-electron chi connectivity index (χ1n) is 9.22. The van der Waals surface area contributed by atoms with Crippen LogP contribution < -0.4 is 10.3 Å². The molecule has 0 bridgehead atoms. The molecule has 28 heavy (non-hydrogen) atoms. The van der Waals surface area contributed by atoms with Gasteiger partial charge in [0.2, 0.25) is 5.91 Å². The highest BCUT2D eigenvalue weighted by molar-refractivity contribution is 6.06. The standard InChI is InChI=1S/C23H17FN2O2/c24-16-6-3-5-15(13-16)14-21(27)25-11-12-26-19-9-2-1-7-17(19)23(28)18-8-4-10-20(25)22(18)26/h1-10,13H,11-12,14H2. The van der Waals surface area contributed by atoms with Crippen LogP contribution in [0.2, 0.25) is 0 Å². The molecular formula is C23H17FN2O2. The third-order valence-corrected chi connectivity index (χ3v) is 5.35. The molecule has 0 aliphatic carbocycles. The van der Waals surface area contributed by atoms with Crippen LogP contribution in [0.1, 0.15) is 5.56 Å². The summed E-state index contributed by atoms with van der Waals surface area (Å²) < 4.78 is 15.6. The van der Waals surface area contributed by atoms with Crippen LogP contribution in [0.5, 0.6) is 0 Å². The Morgan fingerprint density at radius 3 is 2.57 bits per heavy atom. The highest BCUT2D eigenvalue weighted by Crippen LogP contribution is 2.32. The fourth-order valence-electron chi connectivity index (χ4n) is 4.11. The highest BCUT2D eigenvalue weighted by atomic mass is 19.1. The number of carbonyl (C=O) groups excluding carboxylic acids is 1. The molecule has 5 rings (SSSR count). The third-order valence-electron chi connectivity index (χ3n) is 5.35. The van der Waals surface area contributed by atoms with Crippen molar-refractivity contribution in [1.82, 2.24) is 4.57 Å². The highest BCUT2D eigenvalue weighted by Gasteiger charge is 2.25. The van der Waals surface area contributed by atoms with E-state index in [4.69, 9.17) is 0 Å². The van der Waals surface area contributed by atoms with E-state index < -0.39 is 0 Å². The van der Waals surface area contributed by atoms with Gasteiger partial charge >= 0.3 is 0 Å². The first-order chi connectivity index (χ1) is 13.6. The lowest BCUT2D eigenvalue weighted by Gasteiger charge is -2.31. The number of rotatable bonds is 2. The molecule has 3 aromatic carbocycles. The Hall–Kier alpha value is -3.47. The number of fused-ring (bicyclic) bond motifs is 2. The first kappa shape index (κ1) is 16.7. The topological polar surface area (TPSA) is 42.3 Å². The maximum absolute atomic E-state index is 13.5. The van der Waals surface area contributed by atoms with Gasteiger partial charge < -0.3 is 9.47 Å². The van der Waals surface area contributed by atoms with Crippen LogP contribution in [0.4, 0.5) is 10.1 Å². The van der Waals surface area contributed by atoms with Crippen molar-refractivity contribution in [1.29, 1.82) is 0 Å². The number of anilines is 1. The summed E-state index contributed by atoms with van der Waals surface area (Å²) in [5.41, 5.74) is 3.00. The molecule has 1 aromatic heterocycles. The van der Waals surface area contributed by atoms with Gasteiger partial charge in [0.25, 0.3) is 0 Å². The fraction of sp³-hybridized carbons (Fsp3) is 0.130. The zero-order valence-electron chi connectivity index (χ0n) is 15.1. The average molecular weight is 372 g/mol. The molecule has 0 spiro atoms. The Morgan fingerprint density at radius 1 is 0.929 bits per heavy atom. The van der Waals surface area contributed by atoms with Gasteiger partial charge in [-0.25, -0.2) is 4.39 Å². The van der Waals surface area contributed by atoms with E-state index in [2.05, 4.69) is 4.57 Å². The van der Waals surface area contributed by atoms with Crippen molar-refractivity contribution in [3.05, 3.63) is 88.3 Å². The molecule has 2 heterocycles. The fourth-order valence-corrected chi connectivity index (χ4v) is 4.11. The van der Waals surface area contributed by atoms with Crippen molar-refractivity contribution in [2.45, 2.75) is 13.0 Å². The number of halogens is 1. The Bertz CT molecular complexity index is 1310. The van der Waals surface area contributed by atoms with Gasteiger partial charge in [-0.05, 0) is 42.0 Å². The number of hydrogen-bond donors (Lipinski definition) is 0. The monoisotopic (exact) mass is 372 g/mol. The van der Waals surface area contributed by atoms with Crippen LogP contribution in [-0.4, -0.2) is 17.0 Å². The normalized spacial score (nSPS) is 13.2. The van der Waals surface area contributed by atoms with Gasteiger partial charge in [-0.2, -0.15) is 0 Å². The summed E-state index contributed by atoms with van der Waals surface area (Å²) in [5, 5.41) is 1.30. The second kappa shape index (κ2) is 6.30. The number of aromatic nitrogens is 1. The van der Waals surface area contributed by atoms with Gasteiger partial charge in [-0.3, -0.25) is 9.59 Å². The summed E-state index contributed by atoms with van der Waals surface area (Å²) in [6, 6.07) is 19.2. The molecule has 0 radical (unpaired) electrons. The second-order valence-corrected chi connectivity index (χ2v) is 7.02. The Morgan fingerprint density at radius 2 is 1.71 bits per heavy atom. The molecule has 0 unspecified atom stereocenters. The average Bonchev–Trinajstić information content (AvgIpc) is 2.71. The molecule has 4 aromatic rings. The van der Waals surface area contributed by atoms with E-state index in [9.17, 15) is 14.0 Å². The summed E-state index contributed by atoms with van der Waals surface area (Å²) >= 11 is 0. The van der Waals surface area contributed by atoms with Crippen molar-refractivity contribution in [3.63, 3.8) is 0 Å². The van der Waals surface area contributed by atoms with Crippen molar-refractivity contribution in [2.75, 3.05) is 11.4 Å². The van der Waals surface area contributed by atoms with Gasteiger partial charge in [-0.15, -0.1) is 0 Å². The van der Waals surface area contributed by atoms with E-state index in [0.29, 0.717) is 29.4 Å². The molecule has 1 aliphatic heterocycles. The zero-order valence-corrected chi connectivity index (χ0v) is 15.1. The van der Waals surface area contributed by atoms with Crippen molar-refractivity contribution < 1.29 is 9.18 Å². The van der Waals surface area contributed by atoms with Crippen LogP contribution in [0.3, 0.4) is 0 Å². The number of amides is 1. The van der Waals surface area contributed by atoms with Crippen LogP contribution in [0.15, 0.2) is 71.5 Å². The number of hydrogen-bond acceptors (Lipinski definition) is 2. The molecule has 138 valence electrons. The minimum Gasteiger partial charge on any atom is -0.337 e. The van der Waals surface area contributed by atoms with Crippen molar-refractivity contribution in [2.24, 2.45) is 0 Å². The largest absolute Gasteiger partial charge is 0.337 e. The minimum absolute atomic E-state index is 0.0249. The number of para-hydroxylation sites is 2. The Kier molecular flexibility index (Phi) is 3.76. The lowest BCUT2D eigenvalue weighted by molar-refractivity contribution is -0.118. The maximum atomic E-state index is 13.5. The SMILES string of the molecule is O=C(Cc1cccc(F)c1)N1CCn2c3ccccc3c(=O)c3cccc1c32. The van der Waals surface area contributed by atoms with E-state index in [1.807, 2.05) is 42.5 Å². The van der Waals surface area contributed by atoms with E-state index in [-0.39, 0.29) is 23.6 Å². The molecule has 0 saturated heterocycles. The zero-order chi connectivity index (χ0) is 19.3. The summed E-state index contributed by atoms with van der Waals surface area (Å²) in [5.74, 6) is -0.459. The quantitative estimate of drug-likeness (QED) is 0.501. The summed E-state index contributed by atoms with van der Waals surface area (Å²) in [4.78, 5) is 27.7.